The number of aromatic nitrogens is 1. The zero-order valence-corrected chi connectivity index (χ0v) is 8.03. The summed E-state index contributed by atoms with van der Waals surface area (Å²) in [5.41, 5.74) is 12.1. The van der Waals surface area contributed by atoms with E-state index in [0.29, 0.717) is 6.42 Å². The summed E-state index contributed by atoms with van der Waals surface area (Å²) in [5.74, 6) is 0. The van der Waals surface area contributed by atoms with Crippen molar-refractivity contribution in [2.75, 3.05) is 0 Å². The molecule has 0 fully saturated rings. The molecule has 0 spiro atoms. The quantitative estimate of drug-likeness (QED) is 0.679. The van der Waals surface area contributed by atoms with Gasteiger partial charge in [0.1, 0.15) is 0 Å². The van der Waals surface area contributed by atoms with Crippen LogP contribution in [0.15, 0.2) is 24.4 Å². The lowest BCUT2D eigenvalue weighted by Crippen LogP contribution is -2.51. The molecule has 0 aliphatic heterocycles. The Morgan fingerprint density at radius 2 is 2.15 bits per heavy atom. The van der Waals surface area contributed by atoms with Crippen molar-refractivity contribution in [3.63, 3.8) is 0 Å². The maximum atomic E-state index is 5.90. The van der Waals surface area contributed by atoms with Crippen molar-refractivity contribution in [1.29, 1.82) is 0 Å². The molecular weight excluding hydrogens is 162 g/mol. The Bertz CT molecular complexity index is 244. The molecule has 1 heterocycles. The Morgan fingerprint density at radius 3 is 2.69 bits per heavy atom. The lowest BCUT2D eigenvalue weighted by Gasteiger charge is -2.23. The third-order valence-corrected chi connectivity index (χ3v) is 1.95. The SMILES string of the molecule is CCCC(N)(N)Cc1ccccn1. The van der Waals surface area contributed by atoms with Crippen LogP contribution in [0.4, 0.5) is 0 Å². The first-order valence-electron chi connectivity index (χ1n) is 4.62. The van der Waals surface area contributed by atoms with E-state index in [2.05, 4.69) is 11.9 Å². The highest BCUT2D eigenvalue weighted by Gasteiger charge is 2.18. The van der Waals surface area contributed by atoms with Crippen molar-refractivity contribution >= 4 is 0 Å². The van der Waals surface area contributed by atoms with E-state index in [0.717, 1.165) is 18.5 Å². The molecule has 3 nitrogen and oxygen atoms in total. The smallest absolute Gasteiger partial charge is 0.0693 e. The molecule has 0 unspecified atom stereocenters. The van der Waals surface area contributed by atoms with E-state index in [1.807, 2.05) is 18.2 Å². The van der Waals surface area contributed by atoms with Gasteiger partial charge in [-0.3, -0.25) is 4.98 Å². The maximum Gasteiger partial charge on any atom is 0.0693 e. The fourth-order valence-corrected chi connectivity index (χ4v) is 1.39. The van der Waals surface area contributed by atoms with Crippen LogP contribution in [0.25, 0.3) is 0 Å². The third-order valence-electron chi connectivity index (χ3n) is 1.95. The second kappa shape index (κ2) is 4.35. The Labute approximate surface area is 79.2 Å². The van der Waals surface area contributed by atoms with Crippen molar-refractivity contribution in [3.05, 3.63) is 30.1 Å². The van der Waals surface area contributed by atoms with Gasteiger partial charge in [-0.2, -0.15) is 0 Å². The first kappa shape index (κ1) is 10.2. The van der Waals surface area contributed by atoms with E-state index >= 15 is 0 Å². The summed E-state index contributed by atoms with van der Waals surface area (Å²) in [6, 6.07) is 5.78. The van der Waals surface area contributed by atoms with Gasteiger partial charge in [0.2, 0.25) is 0 Å². The van der Waals surface area contributed by atoms with Crippen molar-refractivity contribution in [2.24, 2.45) is 11.5 Å². The molecule has 0 saturated heterocycles. The molecular formula is C10H17N3. The van der Waals surface area contributed by atoms with Crippen LogP contribution >= 0.6 is 0 Å². The second-order valence-electron chi connectivity index (χ2n) is 3.48. The molecule has 1 aromatic rings. The molecule has 1 rings (SSSR count). The largest absolute Gasteiger partial charge is 0.313 e. The predicted molar refractivity (Wildman–Crippen MR) is 54.0 cm³/mol. The first-order chi connectivity index (χ1) is 6.14. The molecule has 0 aromatic carbocycles. The lowest BCUT2D eigenvalue weighted by atomic mass is 10.0. The predicted octanol–water partition coefficient (Wildman–Crippen LogP) is 1.04. The van der Waals surface area contributed by atoms with Crippen LogP contribution in [0, 0.1) is 0 Å². The molecule has 3 heteroatoms. The molecule has 4 N–H and O–H groups in total. The standard InChI is InChI=1S/C10H17N3/c1-2-6-10(11,12)8-9-5-3-4-7-13-9/h3-5,7H,2,6,8,11-12H2,1H3. The molecule has 0 atom stereocenters. The van der Waals surface area contributed by atoms with Gasteiger partial charge in [-0.05, 0) is 18.6 Å². The third kappa shape index (κ3) is 3.53. The van der Waals surface area contributed by atoms with E-state index in [4.69, 9.17) is 11.5 Å². The van der Waals surface area contributed by atoms with Gasteiger partial charge in [0, 0.05) is 18.3 Å². The van der Waals surface area contributed by atoms with E-state index in [1.54, 1.807) is 6.20 Å². The van der Waals surface area contributed by atoms with E-state index < -0.39 is 5.66 Å². The number of hydrogen-bond acceptors (Lipinski definition) is 3. The minimum absolute atomic E-state index is 0.608. The normalized spacial score (nSPS) is 11.6. The number of nitrogens with two attached hydrogens (primary N) is 2. The molecule has 0 aliphatic rings. The van der Waals surface area contributed by atoms with Gasteiger partial charge in [0.15, 0.2) is 0 Å². The topological polar surface area (TPSA) is 64.9 Å². The van der Waals surface area contributed by atoms with Crippen LogP contribution in [-0.4, -0.2) is 10.6 Å². The fourth-order valence-electron chi connectivity index (χ4n) is 1.39. The Hall–Kier alpha value is -0.930. The molecule has 0 radical (unpaired) electrons. The summed E-state index contributed by atoms with van der Waals surface area (Å²) in [7, 11) is 0. The van der Waals surface area contributed by atoms with Crippen LogP contribution in [0.1, 0.15) is 25.5 Å². The minimum atomic E-state index is -0.608. The Kier molecular flexibility index (Phi) is 3.39. The molecule has 13 heavy (non-hydrogen) atoms. The van der Waals surface area contributed by atoms with E-state index in [9.17, 15) is 0 Å². The van der Waals surface area contributed by atoms with Gasteiger partial charge in [-0.25, -0.2) is 0 Å². The minimum Gasteiger partial charge on any atom is -0.313 e. The van der Waals surface area contributed by atoms with Gasteiger partial charge < -0.3 is 11.5 Å². The van der Waals surface area contributed by atoms with Crippen LogP contribution < -0.4 is 11.5 Å². The summed E-state index contributed by atoms with van der Waals surface area (Å²) in [6.07, 6.45) is 4.22. The average Bonchev–Trinajstić information content (AvgIpc) is 2.04. The number of rotatable bonds is 4. The molecule has 0 saturated carbocycles. The first-order valence-corrected chi connectivity index (χ1v) is 4.62. The molecule has 0 amide bonds. The maximum absolute atomic E-state index is 5.90. The average molecular weight is 179 g/mol. The zero-order chi connectivity index (χ0) is 9.73. The molecule has 0 aliphatic carbocycles. The van der Waals surface area contributed by atoms with Crippen molar-refractivity contribution in [1.82, 2.24) is 4.98 Å². The molecule has 1 aromatic heterocycles. The van der Waals surface area contributed by atoms with Gasteiger partial charge in [0.25, 0.3) is 0 Å². The summed E-state index contributed by atoms with van der Waals surface area (Å²) in [6.45, 7) is 2.08. The van der Waals surface area contributed by atoms with E-state index in [1.165, 1.54) is 0 Å². The van der Waals surface area contributed by atoms with Crippen LogP contribution in [0.2, 0.25) is 0 Å². The summed E-state index contributed by atoms with van der Waals surface area (Å²) < 4.78 is 0. The number of pyridine rings is 1. The molecule has 72 valence electrons. The highest BCUT2D eigenvalue weighted by molar-refractivity contribution is 5.07. The van der Waals surface area contributed by atoms with Gasteiger partial charge in [-0.15, -0.1) is 0 Å². The Balaban J connectivity index is 2.58. The highest BCUT2D eigenvalue weighted by atomic mass is 15.0. The Morgan fingerprint density at radius 1 is 1.38 bits per heavy atom. The number of hydrogen-bond donors (Lipinski definition) is 2. The van der Waals surface area contributed by atoms with Crippen molar-refractivity contribution in [3.8, 4) is 0 Å². The number of nitrogens with zero attached hydrogens (tertiary/aromatic N) is 1. The van der Waals surface area contributed by atoms with Gasteiger partial charge >= 0.3 is 0 Å². The summed E-state index contributed by atoms with van der Waals surface area (Å²) in [5, 5.41) is 0. The van der Waals surface area contributed by atoms with Crippen molar-refractivity contribution < 1.29 is 0 Å². The van der Waals surface area contributed by atoms with Crippen molar-refractivity contribution in [2.45, 2.75) is 31.8 Å². The second-order valence-corrected chi connectivity index (χ2v) is 3.48. The summed E-state index contributed by atoms with van der Waals surface area (Å²) in [4.78, 5) is 4.19. The van der Waals surface area contributed by atoms with Crippen LogP contribution in [-0.2, 0) is 6.42 Å². The zero-order valence-electron chi connectivity index (χ0n) is 8.03. The highest BCUT2D eigenvalue weighted by Crippen LogP contribution is 2.08. The monoisotopic (exact) mass is 179 g/mol. The summed E-state index contributed by atoms with van der Waals surface area (Å²) >= 11 is 0. The van der Waals surface area contributed by atoms with Crippen LogP contribution in [0.5, 0.6) is 0 Å². The fraction of sp³-hybridized carbons (Fsp3) is 0.500. The lowest BCUT2D eigenvalue weighted by molar-refractivity contribution is 0.397. The van der Waals surface area contributed by atoms with E-state index in [-0.39, 0.29) is 0 Å². The van der Waals surface area contributed by atoms with Gasteiger partial charge in [-0.1, -0.05) is 19.4 Å². The van der Waals surface area contributed by atoms with Crippen LogP contribution in [0.3, 0.4) is 0 Å². The molecule has 0 bridgehead atoms. The van der Waals surface area contributed by atoms with Gasteiger partial charge in [0.05, 0.1) is 5.66 Å².